The molecule has 1 rings (SSSR count). The molecule has 0 aromatic carbocycles. The van der Waals surface area contributed by atoms with Gasteiger partial charge < -0.3 is 11.1 Å². The van der Waals surface area contributed by atoms with Crippen LogP contribution in [0, 0.1) is 5.41 Å². The van der Waals surface area contributed by atoms with Crippen molar-refractivity contribution < 1.29 is 4.79 Å². The van der Waals surface area contributed by atoms with Gasteiger partial charge in [0.05, 0.1) is 6.54 Å². The normalized spacial score (nSPS) is 17.4. The summed E-state index contributed by atoms with van der Waals surface area (Å²) in [5, 5.41) is 3.18. The lowest BCUT2D eigenvalue weighted by Crippen LogP contribution is -2.44. The molecule has 4 nitrogen and oxygen atoms in total. The Kier molecular flexibility index (Phi) is 9.43. The first-order valence-corrected chi connectivity index (χ1v) is 7.61. The fourth-order valence-electron chi connectivity index (χ4n) is 2.79. The highest BCUT2D eigenvalue weighted by molar-refractivity contribution is 5.85. The molecule has 5 heteroatoms. The van der Waals surface area contributed by atoms with Crippen LogP contribution in [0.15, 0.2) is 0 Å². The number of halogens is 1. The summed E-state index contributed by atoms with van der Waals surface area (Å²) in [5.41, 5.74) is 5.79. The van der Waals surface area contributed by atoms with Gasteiger partial charge >= 0.3 is 0 Å². The predicted molar refractivity (Wildman–Crippen MR) is 87.2 cm³/mol. The van der Waals surface area contributed by atoms with E-state index in [9.17, 15) is 4.79 Å². The average Bonchev–Trinajstić information content (AvgIpc) is 2.56. The summed E-state index contributed by atoms with van der Waals surface area (Å²) in [4.78, 5) is 14.1. The topological polar surface area (TPSA) is 58.4 Å². The van der Waals surface area contributed by atoms with Gasteiger partial charge in [0.15, 0.2) is 0 Å². The first-order chi connectivity index (χ1) is 8.93. The number of likely N-dealkylation sites (N-methyl/N-ethyl adjacent to an activating group) is 1. The van der Waals surface area contributed by atoms with Crippen LogP contribution < -0.4 is 11.1 Å². The molecule has 3 N–H and O–H groups in total. The highest BCUT2D eigenvalue weighted by Gasteiger charge is 2.20. The van der Waals surface area contributed by atoms with Gasteiger partial charge in [0, 0.05) is 12.6 Å². The number of carbonyl (C=O) groups excluding carboxylic acids is 1. The minimum atomic E-state index is 0. The number of rotatable bonds is 6. The van der Waals surface area contributed by atoms with Crippen LogP contribution in [-0.4, -0.2) is 43.5 Å². The molecule has 1 amide bonds. The number of carbonyl (C=O) groups is 1. The van der Waals surface area contributed by atoms with E-state index in [2.05, 4.69) is 24.1 Å². The molecule has 0 heterocycles. The van der Waals surface area contributed by atoms with Crippen LogP contribution in [0.25, 0.3) is 0 Å². The fraction of sp³-hybridized carbons (Fsp3) is 0.933. The molecule has 0 atom stereocenters. The molecule has 0 bridgehead atoms. The molecule has 1 fully saturated rings. The molecular weight excluding hydrogens is 274 g/mol. The molecule has 1 saturated carbocycles. The smallest absolute Gasteiger partial charge is 0.234 e. The van der Waals surface area contributed by atoms with E-state index in [4.69, 9.17) is 5.73 Å². The molecule has 0 aromatic heterocycles. The van der Waals surface area contributed by atoms with E-state index in [0.29, 0.717) is 19.1 Å². The molecule has 0 unspecified atom stereocenters. The lowest BCUT2D eigenvalue weighted by atomic mass is 9.93. The second kappa shape index (κ2) is 9.59. The maximum absolute atomic E-state index is 12.0. The van der Waals surface area contributed by atoms with Crippen molar-refractivity contribution in [1.82, 2.24) is 10.2 Å². The van der Waals surface area contributed by atoms with Gasteiger partial charge in [-0.1, -0.05) is 39.5 Å². The quantitative estimate of drug-likeness (QED) is 0.739. The van der Waals surface area contributed by atoms with Gasteiger partial charge in [-0.3, -0.25) is 9.69 Å². The maximum Gasteiger partial charge on any atom is 0.234 e. The Hall–Kier alpha value is -0.320. The SMILES string of the molecule is CN(CC(=O)NC1CCCCCC1)CC(C)(C)CN.Cl. The molecule has 0 spiro atoms. The number of nitrogens with one attached hydrogen (secondary N) is 1. The largest absolute Gasteiger partial charge is 0.352 e. The van der Waals surface area contributed by atoms with Crippen LogP contribution in [0.3, 0.4) is 0 Å². The Balaban J connectivity index is 0.00000361. The van der Waals surface area contributed by atoms with Crippen molar-refractivity contribution in [2.75, 3.05) is 26.7 Å². The van der Waals surface area contributed by atoms with Crippen LogP contribution in [0.4, 0.5) is 0 Å². The first-order valence-electron chi connectivity index (χ1n) is 7.61. The zero-order chi connectivity index (χ0) is 14.3. The second-order valence-corrected chi connectivity index (χ2v) is 6.80. The fourth-order valence-corrected chi connectivity index (χ4v) is 2.79. The summed E-state index contributed by atoms with van der Waals surface area (Å²) in [6, 6.07) is 0.394. The minimum absolute atomic E-state index is 0. The molecular formula is C15H32ClN3O. The summed E-state index contributed by atoms with van der Waals surface area (Å²) in [5.74, 6) is 0.155. The highest BCUT2D eigenvalue weighted by atomic mass is 35.5. The molecule has 0 saturated heterocycles. The Morgan fingerprint density at radius 2 is 1.80 bits per heavy atom. The van der Waals surface area contributed by atoms with Crippen molar-refractivity contribution in [3.05, 3.63) is 0 Å². The van der Waals surface area contributed by atoms with Crippen molar-refractivity contribution in [1.29, 1.82) is 0 Å². The zero-order valence-corrected chi connectivity index (χ0v) is 14.1. The van der Waals surface area contributed by atoms with E-state index in [0.717, 1.165) is 19.4 Å². The molecule has 0 aliphatic heterocycles. The second-order valence-electron chi connectivity index (χ2n) is 6.80. The summed E-state index contributed by atoms with van der Waals surface area (Å²) < 4.78 is 0. The maximum atomic E-state index is 12.0. The Labute approximate surface area is 130 Å². The van der Waals surface area contributed by atoms with Gasteiger partial charge in [-0.05, 0) is 31.8 Å². The van der Waals surface area contributed by atoms with E-state index < -0.39 is 0 Å². The van der Waals surface area contributed by atoms with Gasteiger partial charge in [0.2, 0.25) is 5.91 Å². The zero-order valence-electron chi connectivity index (χ0n) is 13.3. The summed E-state index contributed by atoms with van der Waals surface area (Å²) >= 11 is 0. The highest BCUT2D eigenvalue weighted by Crippen LogP contribution is 2.17. The van der Waals surface area contributed by atoms with Crippen LogP contribution in [0.2, 0.25) is 0 Å². The Morgan fingerprint density at radius 1 is 1.25 bits per heavy atom. The number of nitrogens with two attached hydrogens (primary N) is 1. The summed E-state index contributed by atoms with van der Waals surface area (Å²) in [7, 11) is 1.99. The van der Waals surface area contributed by atoms with Gasteiger partial charge in [-0.25, -0.2) is 0 Å². The van der Waals surface area contributed by atoms with Gasteiger partial charge in [0.1, 0.15) is 0 Å². The third-order valence-electron chi connectivity index (χ3n) is 3.88. The van der Waals surface area contributed by atoms with E-state index in [-0.39, 0.29) is 23.7 Å². The molecule has 0 radical (unpaired) electrons. The molecule has 120 valence electrons. The number of hydrogen-bond acceptors (Lipinski definition) is 3. The third-order valence-corrected chi connectivity index (χ3v) is 3.88. The van der Waals surface area contributed by atoms with Crippen molar-refractivity contribution >= 4 is 18.3 Å². The van der Waals surface area contributed by atoms with Gasteiger partial charge in [-0.15, -0.1) is 12.4 Å². The number of hydrogen-bond donors (Lipinski definition) is 2. The monoisotopic (exact) mass is 305 g/mol. The number of nitrogens with zero attached hydrogens (tertiary/aromatic N) is 1. The lowest BCUT2D eigenvalue weighted by molar-refractivity contribution is -0.123. The Bertz CT molecular complexity index is 276. The van der Waals surface area contributed by atoms with Crippen molar-refractivity contribution in [3.63, 3.8) is 0 Å². The molecule has 0 aromatic rings. The Morgan fingerprint density at radius 3 is 2.30 bits per heavy atom. The van der Waals surface area contributed by atoms with E-state index in [1.807, 2.05) is 7.05 Å². The van der Waals surface area contributed by atoms with Crippen LogP contribution in [0.5, 0.6) is 0 Å². The van der Waals surface area contributed by atoms with E-state index >= 15 is 0 Å². The van der Waals surface area contributed by atoms with Crippen LogP contribution in [0.1, 0.15) is 52.4 Å². The van der Waals surface area contributed by atoms with Gasteiger partial charge in [-0.2, -0.15) is 0 Å². The van der Waals surface area contributed by atoms with Crippen molar-refractivity contribution in [2.24, 2.45) is 11.1 Å². The van der Waals surface area contributed by atoms with Crippen LogP contribution >= 0.6 is 12.4 Å². The van der Waals surface area contributed by atoms with Crippen molar-refractivity contribution in [2.45, 2.75) is 58.4 Å². The summed E-state index contributed by atoms with van der Waals surface area (Å²) in [6.07, 6.45) is 7.42. The minimum Gasteiger partial charge on any atom is -0.352 e. The van der Waals surface area contributed by atoms with Crippen LogP contribution in [-0.2, 0) is 4.79 Å². The standard InChI is InChI=1S/C15H31N3O.ClH/c1-15(2,11-16)12-18(3)10-14(19)17-13-8-6-4-5-7-9-13;/h13H,4-12,16H2,1-3H3,(H,17,19);1H. The third kappa shape index (κ3) is 8.08. The van der Waals surface area contributed by atoms with Crippen molar-refractivity contribution in [3.8, 4) is 0 Å². The van der Waals surface area contributed by atoms with E-state index in [1.165, 1.54) is 25.7 Å². The predicted octanol–water partition coefficient (Wildman–Crippen LogP) is 2.16. The van der Waals surface area contributed by atoms with E-state index in [1.54, 1.807) is 0 Å². The van der Waals surface area contributed by atoms with Gasteiger partial charge in [0.25, 0.3) is 0 Å². The molecule has 1 aliphatic rings. The average molecular weight is 306 g/mol. The molecule has 1 aliphatic carbocycles. The lowest BCUT2D eigenvalue weighted by Gasteiger charge is -2.29. The first kappa shape index (κ1) is 19.7. The number of amides is 1. The summed E-state index contributed by atoms with van der Waals surface area (Å²) in [6.45, 7) is 6.22. The molecule has 20 heavy (non-hydrogen) atoms.